The van der Waals surface area contributed by atoms with Crippen molar-refractivity contribution >= 4 is 17.7 Å². The van der Waals surface area contributed by atoms with E-state index < -0.39 is 17.7 Å². The summed E-state index contributed by atoms with van der Waals surface area (Å²) in [4.78, 5) is 38.9. The van der Waals surface area contributed by atoms with E-state index in [4.69, 9.17) is 0 Å². The van der Waals surface area contributed by atoms with Gasteiger partial charge in [0.2, 0.25) is 0 Å². The predicted molar refractivity (Wildman–Crippen MR) is 93.3 cm³/mol. The molecule has 0 atom stereocenters. The lowest BCUT2D eigenvalue weighted by molar-refractivity contribution is 0.0965. The van der Waals surface area contributed by atoms with Gasteiger partial charge in [-0.2, -0.15) is 0 Å². The number of carbonyl (C=O) groups excluding carboxylic acids is 2. The number of ether oxygens (including phenoxy) is 1. The molecule has 0 unspecified atom stereocenters. The van der Waals surface area contributed by atoms with Crippen molar-refractivity contribution in [3.05, 3.63) is 58.5 Å². The van der Waals surface area contributed by atoms with E-state index >= 15 is 0 Å². The molecule has 0 fully saturated rings. The lowest BCUT2D eigenvalue weighted by Gasteiger charge is -2.10. The Balaban J connectivity index is 1.94. The maximum atomic E-state index is 12.5. The monoisotopic (exact) mass is 351 g/mol. The van der Waals surface area contributed by atoms with Gasteiger partial charge < -0.3 is 14.8 Å². The molecular weight excluding hydrogens is 338 g/mol. The summed E-state index contributed by atoms with van der Waals surface area (Å²) >= 11 is 0. The minimum atomic E-state index is -0.742. The van der Waals surface area contributed by atoms with Crippen LogP contribution >= 0.6 is 0 Å². The molecular formula is C18H13N3O5. The van der Waals surface area contributed by atoms with Crippen LogP contribution in [-0.2, 0) is 4.74 Å². The fraction of sp³-hybridized carbons (Fsp3) is 0.0556. The fourth-order valence-electron chi connectivity index (χ4n) is 3.08. The molecule has 0 radical (unpaired) electrons. The first-order valence-corrected chi connectivity index (χ1v) is 7.69. The van der Waals surface area contributed by atoms with E-state index in [1.165, 1.54) is 13.2 Å². The number of nitrogens with one attached hydrogen (secondary N) is 2. The number of anilines is 1. The van der Waals surface area contributed by atoms with E-state index in [1.807, 2.05) is 0 Å². The molecule has 2 aromatic carbocycles. The molecule has 26 heavy (non-hydrogen) atoms. The molecule has 0 spiro atoms. The Labute approximate surface area is 146 Å². The molecule has 8 nitrogen and oxygen atoms in total. The topological polar surface area (TPSA) is 113 Å². The average Bonchev–Trinajstić information content (AvgIpc) is 3.14. The van der Waals surface area contributed by atoms with Gasteiger partial charge in [-0.05, 0) is 18.2 Å². The molecule has 1 amide bonds. The van der Waals surface area contributed by atoms with Crippen molar-refractivity contribution < 1.29 is 19.4 Å². The highest BCUT2D eigenvalue weighted by Crippen LogP contribution is 2.42. The van der Waals surface area contributed by atoms with E-state index in [0.717, 1.165) is 4.57 Å². The smallest absolute Gasteiger partial charge is 0.411 e. The van der Waals surface area contributed by atoms with E-state index in [-0.39, 0.29) is 17.0 Å². The van der Waals surface area contributed by atoms with Gasteiger partial charge in [0.1, 0.15) is 5.75 Å². The largest absolute Gasteiger partial charge is 0.505 e. The predicted octanol–water partition coefficient (Wildman–Crippen LogP) is 2.40. The number of H-pyrrole nitrogens is 1. The van der Waals surface area contributed by atoms with Crippen LogP contribution in [0.5, 0.6) is 5.75 Å². The third-order valence-electron chi connectivity index (χ3n) is 4.24. The molecule has 4 rings (SSSR count). The summed E-state index contributed by atoms with van der Waals surface area (Å²) in [6.45, 7) is 0. The normalized spacial score (nSPS) is 11.8. The summed E-state index contributed by atoms with van der Waals surface area (Å²) in [5.41, 5.74) is 1.47. The minimum Gasteiger partial charge on any atom is -0.505 e. The highest BCUT2D eigenvalue weighted by atomic mass is 16.5. The Morgan fingerprint density at radius 2 is 1.77 bits per heavy atom. The third-order valence-corrected chi connectivity index (χ3v) is 4.24. The van der Waals surface area contributed by atoms with Crippen LogP contribution in [0.4, 0.5) is 10.5 Å². The second-order valence-corrected chi connectivity index (χ2v) is 5.66. The Morgan fingerprint density at radius 3 is 2.50 bits per heavy atom. The number of hydrogen-bond acceptors (Lipinski definition) is 5. The molecule has 130 valence electrons. The second kappa shape index (κ2) is 5.62. The molecule has 1 aliphatic rings. The molecule has 8 heteroatoms. The summed E-state index contributed by atoms with van der Waals surface area (Å²) in [6, 6.07) is 11.5. The number of phenols is 1. The highest BCUT2D eigenvalue weighted by molar-refractivity contribution is 6.11. The van der Waals surface area contributed by atoms with Gasteiger partial charge in [0.15, 0.2) is 0 Å². The number of phenolic OH excluding ortho intramolecular Hbond substituents is 1. The number of aromatic amines is 1. The number of aromatic hydroxyl groups is 1. The molecule has 2 heterocycles. The Hall–Kier alpha value is -3.81. The number of benzene rings is 2. The third kappa shape index (κ3) is 2.12. The number of para-hydroxylation sites is 1. The van der Waals surface area contributed by atoms with Gasteiger partial charge in [0.05, 0.1) is 24.2 Å². The van der Waals surface area contributed by atoms with Crippen LogP contribution in [0, 0.1) is 0 Å². The number of fused-ring (bicyclic) bond motifs is 3. The van der Waals surface area contributed by atoms with Gasteiger partial charge in [-0.25, -0.2) is 14.2 Å². The maximum Gasteiger partial charge on any atom is 0.411 e. The molecule has 1 aliphatic heterocycles. The second-order valence-electron chi connectivity index (χ2n) is 5.66. The van der Waals surface area contributed by atoms with Crippen molar-refractivity contribution in [2.45, 2.75) is 0 Å². The van der Waals surface area contributed by atoms with Gasteiger partial charge in [0.25, 0.3) is 5.91 Å². The number of amides is 1. The number of hydrogen-bond donors (Lipinski definition) is 3. The van der Waals surface area contributed by atoms with Gasteiger partial charge in [0, 0.05) is 16.7 Å². The van der Waals surface area contributed by atoms with Crippen molar-refractivity contribution in [1.82, 2.24) is 9.55 Å². The fourth-order valence-corrected chi connectivity index (χ4v) is 3.08. The molecule has 1 aromatic heterocycles. The van der Waals surface area contributed by atoms with Crippen molar-refractivity contribution in [1.29, 1.82) is 0 Å². The van der Waals surface area contributed by atoms with Crippen LogP contribution in [0.3, 0.4) is 0 Å². The Kier molecular flexibility index (Phi) is 3.40. The van der Waals surface area contributed by atoms with Crippen LogP contribution < -0.4 is 11.0 Å². The van der Waals surface area contributed by atoms with E-state index in [2.05, 4.69) is 15.0 Å². The molecule has 0 saturated heterocycles. The van der Waals surface area contributed by atoms with Crippen molar-refractivity contribution in [3.8, 4) is 28.3 Å². The first kappa shape index (κ1) is 15.7. The quantitative estimate of drug-likeness (QED) is 0.480. The lowest BCUT2D eigenvalue weighted by Crippen LogP contribution is -2.21. The van der Waals surface area contributed by atoms with E-state index in [0.29, 0.717) is 22.5 Å². The van der Waals surface area contributed by atoms with E-state index in [9.17, 15) is 19.5 Å². The molecule has 3 N–H and O–H groups in total. The van der Waals surface area contributed by atoms with Crippen LogP contribution in [0.25, 0.3) is 22.5 Å². The highest BCUT2D eigenvalue weighted by Gasteiger charge is 2.32. The number of imidazole rings is 1. The number of rotatable bonds is 2. The SMILES string of the molecule is COC(=O)Nc1cccc(-c2[nH]c(=O)n3c2-c2ccccc2C3=O)c1O. The summed E-state index contributed by atoms with van der Waals surface area (Å²) < 4.78 is 5.57. The minimum absolute atomic E-state index is 0.118. The van der Waals surface area contributed by atoms with Gasteiger partial charge >= 0.3 is 11.8 Å². The first-order valence-electron chi connectivity index (χ1n) is 7.69. The van der Waals surface area contributed by atoms with Crippen LogP contribution in [0.2, 0.25) is 0 Å². The molecule has 0 bridgehead atoms. The summed E-state index contributed by atoms with van der Waals surface area (Å²) in [5, 5.41) is 13.0. The average molecular weight is 351 g/mol. The van der Waals surface area contributed by atoms with Crippen LogP contribution in [-0.4, -0.2) is 33.8 Å². The number of methoxy groups -OCH3 is 1. The number of carbonyl (C=O) groups is 2. The van der Waals surface area contributed by atoms with Crippen LogP contribution in [0.15, 0.2) is 47.3 Å². The number of aromatic nitrogens is 2. The summed E-state index contributed by atoms with van der Waals surface area (Å²) in [7, 11) is 1.21. The zero-order valence-electron chi connectivity index (χ0n) is 13.6. The summed E-state index contributed by atoms with van der Waals surface area (Å²) in [5.74, 6) is -0.675. The number of nitrogens with zero attached hydrogens (tertiary/aromatic N) is 1. The standard InChI is InChI=1S/C18H13N3O5/c1-26-18(25)19-12-8-4-7-11(15(12)22)13-14-9-5-2-3-6-10(9)16(23)21(14)17(24)20-13/h2-8,22H,1H3,(H,19,25)(H,20,24). The Bertz CT molecular complexity index is 1130. The molecule has 3 aromatic rings. The van der Waals surface area contributed by atoms with E-state index in [1.54, 1.807) is 36.4 Å². The zero-order chi connectivity index (χ0) is 18.4. The molecule has 0 aliphatic carbocycles. The Morgan fingerprint density at radius 1 is 1.08 bits per heavy atom. The maximum absolute atomic E-state index is 12.5. The zero-order valence-corrected chi connectivity index (χ0v) is 13.6. The van der Waals surface area contributed by atoms with Crippen molar-refractivity contribution in [2.75, 3.05) is 12.4 Å². The van der Waals surface area contributed by atoms with Crippen molar-refractivity contribution in [3.63, 3.8) is 0 Å². The first-order chi connectivity index (χ1) is 12.5. The van der Waals surface area contributed by atoms with Crippen LogP contribution in [0.1, 0.15) is 10.4 Å². The van der Waals surface area contributed by atoms with Crippen molar-refractivity contribution in [2.24, 2.45) is 0 Å². The van der Waals surface area contributed by atoms with Gasteiger partial charge in [-0.15, -0.1) is 0 Å². The van der Waals surface area contributed by atoms with Gasteiger partial charge in [-0.3, -0.25) is 10.1 Å². The molecule has 0 saturated carbocycles. The van der Waals surface area contributed by atoms with Gasteiger partial charge in [-0.1, -0.05) is 24.3 Å². The summed E-state index contributed by atoms with van der Waals surface area (Å²) in [6.07, 6.45) is -0.742. The lowest BCUT2D eigenvalue weighted by atomic mass is 10.0.